The molecule has 2 aromatic carbocycles. The van der Waals surface area contributed by atoms with Crippen LogP contribution in [0.3, 0.4) is 0 Å². The molecule has 7 nitrogen and oxygen atoms in total. The molecule has 1 aliphatic rings. The molecule has 196 valence electrons. The van der Waals surface area contributed by atoms with Gasteiger partial charge in [-0.1, -0.05) is 37.3 Å². The topological polar surface area (TPSA) is 78.0 Å². The van der Waals surface area contributed by atoms with E-state index in [1.54, 1.807) is 47.1 Å². The predicted molar refractivity (Wildman–Crippen MR) is 137 cm³/mol. The van der Waals surface area contributed by atoms with E-state index in [9.17, 15) is 22.4 Å². The van der Waals surface area contributed by atoms with Crippen LogP contribution in [0.2, 0.25) is 0 Å². The van der Waals surface area contributed by atoms with Gasteiger partial charge in [-0.2, -0.15) is 4.31 Å². The van der Waals surface area contributed by atoms with E-state index in [4.69, 9.17) is 11.6 Å². The van der Waals surface area contributed by atoms with Gasteiger partial charge in [0.15, 0.2) is 0 Å². The number of likely N-dealkylation sites (tertiary alicyclic amines) is 1. The zero-order valence-corrected chi connectivity index (χ0v) is 22.2. The second kappa shape index (κ2) is 12.7. The Morgan fingerprint density at radius 1 is 1.11 bits per heavy atom. The van der Waals surface area contributed by atoms with Crippen LogP contribution >= 0.6 is 11.6 Å². The van der Waals surface area contributed by atoms with Crippen LogP contribution < -0.4 is 0 Å². The third-order valence-corrected chi connectivity index (χ3v) is 8.33. The number of carbonyl (C=O) groups is 2. The van der Waals surface area contributed by atoms with Crippen molar-refractivity contribution in [1.29, 1.82) is 0 Å². The number of piperidine rings is 1. The molecule has 2 aromatic rings. The Balaban J connectivity index is 1.83. The van der Waals surface area contributed by atoms with Crippen LogP contribution in [0.1, 0.15) is 38.7 Å². The first kappa shape index (κ1) is 28.1. The Bertz CT molecular complexity index is 1140. The summed E-state index contributed by atoms with van der Waals surface area (Å²) in [5.41, 5.74) is 0.615. The fraction of sp³-hybridized carbons (Fsp3) is 0.462. The second-order valence-electron chi connectivity index (χ2n) is 8.98. The molecule has 1 saturated heterocycles. The van der Waals surface area contributed by atoms with E-state index in [0.717, 1.165) is 0 Å². The molecule has 1 heterocycles. The van der Waals surface area contributed by atoms with Crippen LogP contribution in [0.5, 0.6) is 0 Å². The highest BCUT2D eigenvalue weighted by atomic mass is 35.5. The zero-order valence-electron chi connectivity index (χ0n) is 20.6. The van der Waals surface area contributed by atoms with Gasteiger partial charge < -0.3 is 9.80 Å². The molecular formula is C26H33ClFN3O4S. The first-order chi connectivity index (χ1) is 17.1. The quantitative estimate of drug-likeness (QED) is 0.431. The van der Waals surface area contributed by atoms with Gasteiger partial charge in [0, 0.05) is 32.2 Å². The maximum atomic E-state index is 13.9. The monoisotopic (exact) mass is 537 g/mol. The summed E-state index contributed by atoms with van der Waals surface area (Å²) >= 11 is 5.96. The first-order valence-corrected chi connectivity index (χ1v) is 14.0. The van der Waals surface area contributed by atoms with Gasteiger partial charge in [-0.15, -0.1) is 11.6 Å². The van der Waals surface area contributed by atoms with E-state index in [2.05, 4.69) is 0 Å². The Hall–Kier alpha value is -2.49. The molecule has 0 N–H and O–H groups in total. The van der Waals surface area contributed by atoms with E-state index in [1.807, 2.05) is 6.92 Å². The number of nitrogens with zero attached hydrogens (tertiary/aromatic N) is 3. The van der Waals surface area contributed by atoms with Gasteiger partial charge in [-0.05, 0) is 56.0 Å². The van der Waals surface area contributed by atoms with Crippen molar-refractivity contribution in [3.05, 3.63) is 66.0 Å². The maximum absolute atomic E-state index is 13.9. The van der Waals surface area contributed by atoms with Crippen LogP contribution in [0, 0.1) is 5.82 Å². The average Bonchev–Trinajstić information content (AvgIpc) is 2.87. The van der Waals surface area contributed by atoms with Crippen LogP contribution in [-0.2, 0) is 26.2 Å². The molecule has 36 heavy (non-hydrogen) atoms. The van der Waals surface area contributed by atoms with E-state index in [-0.39, 0.29) is 42.4 Å². The predicted octanol–water partition coefficient (Wildman–Crippen LogP) is 3.87. The molecule has 1 aliphatic heterocycles. The fourth-order valence-corrected chi connectivity index (χ4v) is 6.06. The summed E-state index contributed by atoms with van der Waals surface area (Å²) in [6.07, 6.45) is 1.59. The number of amides is 2. The summed E-state index contributed by atoms with van der Waals surface area (Å²) in [6.45, 7) is 4.38. The molecular weight excluding hydrogens is 505 g/mol. The van der Waals surface area contributed by atoms with Crippen molar-refractivity contribution in [1.82, 2.24) is 14.1 Å². The standard InChI is InChI=1S/C26H33ClFN3O4S/c1-3-14-30(36(34,35)24-10-5-4-6-11-24)19-25(32)31(18-21-8-7-9-22(28)17-21)23-12-15-29(16-13-23)26(33)20(2)27/h4-11,17,20,23H,3,12-16,18-19H2,1-2H3/t20-/m0/s1. The number of carbonyl (C=O) groups excluding carboxylic acids is 2. The summed E-state index contributed by atoms with van der Waals surface area (Å²) in [7, 11) is -3.87. The SMILES string of the molecule is CCCN(CC(=O)N(Cc1cccc(F)c1)C1CCN(C(=O)[C@H](C)Cl)CC1)S(=O)(=O)c1ccccc1. The molecule has 3 rings (SSSR count). The largest absolute Gasteiger partial charge is 0.341 e. The highest BCUT2D eigenvalue weighted by Gasteiger charge is 2.33. The van der Waals surface area contributed by atoms with Gasteiger partial charge in [-0.3, -0.25) is 9.59 Å². The van der Waals surface area contributed by atoms with Crippen molar-refractivity contribution >= 4 is 33.4 Å². The van der Waals surface area contributed by atoms with Crippen molar-refractivity contribution in [2.75, 3.05) is 26.2 Å². The summed E-state index contributed by atoms with van der Waals surface area (Å²) in [6, 6.07) is 13.9. The van der Waals surface area contributed by atoms with E-state index in [0.29, 0.717) is 37.9 Å². The molecule has 10 heteroatoms. The minimum atomic E-state index is -3.87. The lowest BCUT2D eigenvalue weighted by molar-refractivity contribution is -0.137. The highest BCUT2D eigenvalue weighted by molar-refractivity contribution is 7.89. The fourth-order valence-electron chi connectivity index (χ4n) is 4.42. The van der Waals surface area contributed by atoms with Gasteiger partial charge in [0.1, 0.15) is 11.2 Å². The summed E-state index contributed by atoms with van der Waals surface area (Å²) < 4.78 is 41.7. The number of hydrogen-bond donors (Lipinski definition) is 0. The van der Waals surface area contributed by atoms with Crippen molar-refractivity contribution in [2.45, 2.75) is 56.0 Å². The van der Waals surface area contributed by atoms with Crippen molar-refractivity contribution in [3.63, 3.8) is 0 Å². The minimum absolute atomic E-state index is 0.130. The highest BCUT2D eigenvalue weighted by Crippen LogP contribution is 2.23. The summed E-state index contributed by atoms with van der Waals surface area (Å²) in [5, 5.41) is -0.627. The molecule has 0 bridgehead atoms. The molecule has 1 fully saturated rings. The van der Waals surface area contributed by atoms with Crippen molar-refractivity contribution in [2.24, 2.45) is 0 Å². The molecule has 2 amide bonds. The lowest BCUT2D eigenvalue weighted by Gasteiger charge is -2.39. The van der Waals surface area contributed by atoms with Crippen LogP contribution in [-0.4, -0.2) is 71.9 Å². The van der Waals surface area contributed by atoms with Crippen molar-refractivity contribution < 1.29 is 22.4 Å². The minimum Gasteiger partial charge on any atom is -0.341 e. The van der Waals surface area contributed by atoms with Crippen LogP contribution in [0.25, 0.3) is 0 Å². The Kier molecular flexibility index (Phi) is 9.87. The first-order valence-electron chi connectivity index (χ1n) is 12.2. The number of halogens is 2. The van der Waals surface area contributed by atoms with E-state index in [1.165, 1.54) is 28.6 Å². The smallest absolute Gasteiger partial charge is 0.243 e. The summed E-state index contributed by atoms with van der Waals surface area (Å²) in [4.78, 5) is 29.4. The van der Waals surface area contributed by atoms with Gasteiger partial charge in [0.05, 0.1) is 11.4 Å². The number of rotatable bonds is 10. The molecule has 0 spiro atoms. The molecule has 0 aromatic heterocycles. The molecule has 0 radical (unpaired) electrons. The third-order valence-electron chi connectivity index (χ3n) is 6.29. The second-order valence-corrected chi connectivity index (χ2v) is 11.6. The average molecular weight is 538 g/mol. The number of sulfonamides is 1. The Morgan fingerprint density at radius 3 is 2.36 bits per heavy atom. The Labute approximate surface area is 217 Å². The van der Waals surface area contributed by atoms with Gasteiger partial charge in [0.25, 0.3) is 0 Å². The molecule has 0 unspecified atom stereocenters. The van der Waals surface area contributed by atoms with E-state index >= 15 is 0 Å². The lowest BCUT2D eigenvalue weighted by Crippen LogP contribution is -2.52. The zero-order chi connectivity index (χ0) is 26.3. The normalized spacial score (nSPS) is 15.6. The maximum Gasteiger partial charge on any atom is 0.243 e. The molecule has 1 atom stereocenters. The third kappa shape index (κ3) is 7.05. The van der Waals surface area contributed by atoms with Gasteiger partial charge in [-0.25, -0.2) is 12.8 Å². The lowest BCUT2D eigenvalue weighted by atomic mass is 10.0. The van der Waals surface area contributed by atoms with Crippen LogP contribution in [0.4, 0.5) is 4.39 Å². The molecule has 0 aliphatic carbocycles. The van der Waals surface area contributed by atoms with E-state index < -0.39 is 21.2 Å². The van der Waals surface area contributed by atoms with Gasteiger partial charge in [0.2, 0.25) is 21.8 Å². The summed E-state index contributed by atoms with van der Waals surface area (Å²) in [5.74, 6) is -0.917. The van der Waals surface area contributed by atoms with Gasteiger partial charge >= 0.3 is 0 Å². The Morgan fingerprint density at radius 2 is 1.78 bits per heavy atom. The van der Waals surface area contributed by atoms with Crippen LogP contribution in [0.15, 0.2) is 59.5 Å². The number of benzene rings is 2. The number of hydrogen-bond acceptors (Lipinski definition) is 4. The van der Waals surface area contributed by atoms with Crippen molar-refractivity contribution in [3.8, 4) is 0 Å². The molecule has 0 saturated carbocycles. The number of alkyl halides is 1.